The van der Waals surface area contributed by atoms with E-state index in [1.165, 1.54) is 128 Å². The third-order valence-electron chi connectivity index (χ3n) is 8.69. The minimum atomic E-state index is -4.29. The van der Waals surface area contributed by atoms with Crippen molar-refractivity contribution in [2.75, 3.05) is 26.4 Å². The van der Waals surface area contributed by atoms with Gasteiger partial charge in [0.15, 0.2) is 6.10 Å². The first kappa shape index (κ1) is 47.8. The van der Waals surface area contributed by atoms with Gasteiger partial charge < -0.3 is 20.1 Å². The van der Waals surface area contributed by atoms with E-state index in [-0.39, 0.29) is 32.3 Å². The third-order valence-corrected chi connectivity index (χ3v) is 9.67. The van der Waals surface area contributed by atoms with Gasteiger partial charge in [-0.25, -0.2) is 4.57 Å². The number of rotatable bonds is 39. The van der Waals surface area contributed by atoms with Crippen LogP contribution in [0.3, 0.4) is 0 Å². The lowest BCUT2D eigenvalue weighted by Gasteiger charge is -2.19. The Kier molecular flexibility index (Phi) is 37.1. The number of hydrogen-bond acceptors (Lipinski definition) is 7. The Bertz CT molecular complexity index is 807. The highest BCUT2D eigenvalue weighted by Gasteiger charge is 2.25. The molecule has 0 aliphatic heterocycles. The summed E-state index contributed by atoms with van der Waals surface area (Å²) in [7, 11) is -4.29. The van der Waals surface area contributed by atoms with Gasteiger partial charge in [0, 0.05) is 13.0 Å². The highest BCUT2D eigenvalue weighted by atomic mass is 31.2. The van der Waals surface area contributed by atoms with Crippen LogP contribution in [0.25, 0.3) is 0 Å². The monoisotopic (exact) mass is 716 g/mol. The topological polar surface area (TPSA) is 117 Å². The molecule has 2 atom stereocenters. The average molecular weight is 716 g/mol. The van der Waals surface area contributed by atoms with E-state index in [4.69, 9.17) is 24.3 Å². The van der Waals surface area contributed by atoms with E-state index in [2.05, 4.69) is 26.0 Å². The highest BCUT2D eigenvalue weighted by Crippen LogP contribution is 2.43. The molecule has 9 heteroatoms. The van der Waals surface area contributed by atoms with Crippen molar-refractivity contribution in [3.63, 3.8) is 0 Å². The number of ether oxygens (including phenoxy) is 2. The van der Waals surface area contributed by atoms with E-state index < -0.39 is 13.9 Å². The van der Waals surface area contributed by atoms with Crippen LogP contribution < -0.4 is 5.73 Å². The van der Waals surface area contributed by atoms with E-state index >= 15 is 0 Å². The summed E-state index contributed by atoms with van der Waals surface area (Å²) in [5.41, 5.74) is 5.35. The molecule has 8 nitrogen and oxygen atoms in total. The summed E-state index contributed by atoms with van der Waals surface area (Å²) in [5.74, 6) is -0.360. The summed E-state index contributed by atoms with van der Waals surface area (Å²) >= 11 is 0. The van der Waals surface area contributed by atoms with Gasteiger partial charge in [-0.2, -0.15) is 0 Å². The van der Waals surface area contributed by atoms with Crippen LogP contribution in [0.2, 0.25) is 0 Å². The second-order valence-corrected chi connectivity index (χ2v) is 15.0. The van der Waals surface area contributed by atoms with E-state index in [0.717, 1.165) is 44.9 Å². The number of phosphoric acid groups is 1. The van der Waals surface area contributed by atoms with Crippen molar-refractivity contribution in [3.8, 4) is 0 Å². The minimum Gasteiger partial charge on any atom is -0.498 e. The molecule has 0 radical (unpaired) electrons. The zero-order valence-electron chi connectivity index (χ0n) is 31.9. The predicted octanol–water partition coefficient (Wildman–Crippen LogP) is 12.0. The summed E-state index contributed by atoms with van der Waals surface area (Å²) in [6.45, 7) is 4.24. The molecule has 0 aromatic rings. The van der Waals surface area contributed by atoms with Crippen LogP contribution in [-0.4, -0.2) is 43.3 Å². The molecule has 290 valence electrons. The standard InChI is InChI=1S/C40H78NO7P/c1-3-5-7-9-11-13-15-17-19-20-21-23-25-27-29-31-33-40(42)48-39(38-47-49(43,44)46-36-34-41)37-45-35-32-30-28-26-24-22-18-16-14-12-10-8-6-4-2/h19-20,32,35,39H,3-18,21-31,33-34,36-38,41H2,1-2H3,(H,43,44)/b20-19-,35-32-/t39-/m1/s1. The summed E-state index contributed by atoms with van der Waals surface area (Å²) < 4.78 is 33.1. The number of nitrogens with two attached hydrogens (primary N) is 1. The van der Waals surface area contributed by atoms with Gasteiger partial charge in [-0.1, -0.05) is 154 Å². The van der Waals surface area contributed by atoms with Crippen LogP contribution in [0.4, 0.5) is 0 Å². The number of carbonyl (C=O) groups excluding carboxylic acids is 1. The van der Waals surface area contributed by atoms with Crippen molar-refractivity contribution in [2.24, 2.45) is 5.73 Å². The molecule has 0 rings (SSSR count). The molecule has 0 aromatic carbocycles. The van der Waals surface area contributed by atoms with Crippen molar-refractivity contribution in [3.05, 3.63) is 24.5 Å². The molecule has 0 fully saturated rings. The summed E-state index contributed by atoms with van der Waals surface area (Å²) in [6, 6.07) is 0. The Morgan fingerprint density at radius 2 is 1.04 bits per heavy atom. The first-order valence-electron chi connectivity index (χ1n) is 20.4. The van der Waals surface area contributed by atoms with Gasteiger partial charge in [0.2, 0.25) is 0 Å². The lowest BCUT2D eigenvalue weighted by atomic mass is 10.0. The molecule has 0 spiro atoms. The lowest BCUT2D eigenvalue weighted by Crippen LogP contribution is -2.27. The lowest BCUT2D eigenvalue weighted by molar-refractivity contribution is -0.153. The van der Waals surface area contributed by atoms with Gasteiger partial charge in [0.25, 0.3) is 0 Å². The van der Waals surface area contributed by atoms with Crippen molar-refractivity contribution in [1.82, 2.24) is 0 Å². The fraction of sp³-hybridized carbons (Fsp3) is 0.875. The normalized spacial score (nSPS) is 13.7. The molecule has 0 aliphatic rings. The van der Waals surface area contributed by atoms with Crippen LogP contribution >= 0.6 is 7.82 Å². The van der Waals surface area contributed by atoms with Crippen LogP contribution in [0.15, 0.2) is 24.5 Å². The van der Waals surface area contributed by atoms with Gasteiger partial charge in [0.05, 0.1) is 19.5 Å². The van der Waals surface area contributed by atoms with Crippen molar-refractivity contribution in [2.45, 2.75) is 200 Å². The van der Waals surface area contributed by atoms with E-state index in [1.54, 1.807) is 6.26 Å². The van der Waals surface area contributed by atoms with Crippen LogP contribution in [0.5, 0.6) is 0 Å². The zero-order valence-corrected chi connectivity index (χ0v) is 32.8. The molecule has 3 N–H and O–H groups in total. The number of hydrogen-bond donors (Lipinski definition) is 2. The Labute approximate surface area is 302 Å². The summed E-state index contributed by atoms with van der Waals surface area (Å²) in [5, 5.41) is 0. The highest BCUT2D eigenvalue weighted by molar-refractivity contribution is 7.47. The first-order valence-corrected chi connectivity index (χ1v) is 21.9. The maximum Gasteiger partial charge on any atom is 0.472 e. The average Bonchev–Trinajstić information content (AvgIpc) is 3.09. The molecule has 0 aliphatic carbocycles. The molecule has 0 heterocycles. The van der Waals surface area contributed by atoms with Crippen molar-refractivity contribution >= 4 is 13.8 Å². The van der Waals surface area contributed by atoms with Crippen molar-refractivity contribution in [1.29, 1.82) is 0 Å². The van der Waals surface area contributed by atoms with Gasteiger partial charge in [-0.3, -0.25) is 13.8 Å². The van der Waals surface area contributed by atoms with E-state index in [1.807, 2.05) is 6.08 Å². The molecule has 0 aromatic heterocycles. The number of phosphoric ester groups is 1. The fourth-order valence-electron chi connectivity index (χ4n) is 5.66. The van der Waals surface area contributed by atoms with E-state index in [0.29, 0.717) is 6.42 Å². The summed E-state index contributed by atoms with van der Waals surface area (Å²) in [4.78, 5) is 22.4. The Balaban J connectivity index is 4.11. The molecule has 0 saturated heterocycles. The molecule has 0 bridgehead atoms. The Hall–Kier alpha value is -1.18. The predicted molar refractivity (Wildman–Crippen MR) is 206 cm³/mol. The van der Waals surface area contributed by atoms with Crippen molar-refractivity contribution < 1.29 is 32.8 Å². The van der Waals surface area contributed by atoms with Crippen LogP contribution in [-0.2, 0) is 27.9 Å². The SMILES string of the molecule is CCCCCCCCC/C=C\CCCCCCCC(=O)O[C@H](CO/C=C\CCCCCCCCCCCCCC)COP(=O)(O)OCCN. The largest absolute Gasteiger partial charge is 0.498 e. The first-order chi connectivity index (χ1) is 23.9. The zero-order chi connectivity index (χ0) is 35.9. The Morgan fingerprint density at radius 3 is 1.51 bits per heavy atom. The Morgan fingerprint density at radius 1 is 0.612 bits per heavy atom. The molecule has 0 amide bonds. The van der Waals surface area contributed by atoms with Gasteiger partial charge in [-0.05, 0) is 51.0 Å². The van der Waals surface area contributed by atoms with Gasteiger partial charge in [-0.15, -0.1) is 0 Å². The molecular formula is C40H78NO7P. The number of carbonyl (C=O) groups is 1. The molecule has 49 heavy (non-hydrogen) atoms. The second-order valence-electron chi connectivity index (χ2n) is 13.6. The van der Waals surface area contributed by atoms with Crippen LogP contribution in [0, 0.1) is 0 Å². The van der Waals surface area contributed by atoms with E-state index in [9.17, 15) is 14.3 Å². The fourth-order valence-corrected chi connectivity index (χ4v) is 6.43. The summed E-state index contributed by atoms with van der Waals surface area (Å²) in [6.07, 6.45) is 41.4. The molecule has 0 saturated carbocycles. The third kappa shape index (κ3) is 37.9. The van der Waals surface area contributed by atoms with Gasteiger partial charge in [0.1, 0.15) is 6.61 Å². The van der Waals surface area contributed by atoms with Crippen LogP contribution in [0.1, 0.15) is 194 Å². The maximum atomic E-state index is 12.5. The quantitative estimate of drug-likeness (QED) is 0.0212. The number of unbranched alkanes of at least 4 members (excludes halogenated alkanes) is 24. The smallest absolute Gasteiger partial charge is 0.472 e. The molecule has 1 unspecified atom stereocenters. The minimum absolute atomic E-state index is 0.0318. The molecular weight excluding hydrogens is 637 g/mol. The van der Waals surface area contributed by atoms with Gasteiger partial charge >= 0.3 is 13.8 Å². The maximum absolute atomic E-state index is 12.5. The number of esters is 1. The number of allylic oxidation sites excluding steroid dienone is 3. The second kappa shape index (κ2) is 38.1.